The number of hydrogen-bond donors (Lipinski definition) is 2. The Balaban J connectivity index is 2.37. The lowest BCUT2D eigenvalue weighted by atomic mass is 10.2. The van der Waals surface area contributed by atoms with Gasteiger partial charge in [-0.25, -0.2) is 0 Å². The van der Waals surface area contributed by atoms with Gasteiger partial charge >= 0.3 is 0 Å². The second-order valence-corrected chi connectivity index (χ2v) is 4.99. The molecule has 3 N–H and O–H groups in total. The molecule has 0 radical (unpaired) electrons. The number of nitrogens with one attached hydrogen (secondary N) is 1. The van der Waals surface area contributed by atoms with Gasteiger partial charge in [-0.2, -0.15) is 5.26 Å². The van der Waals surface area contributed by atoms with Gasteiger partial charge in [0.1, 0.15) is 6.07 Å². The van der Waals surface area contributed by atoms with E-state index in [9.17, 15) is 0 Å². The van der Waals surface area contributed by atoms with E-state index in [2.05, 4.69) is 27.3 Å². The number of nitrogens with zero attached hydrogens (tertiary/aromatic N) is 1. The predicted molar refractivity (Wildman–Crippen MR) is 78.0 cm³/mol. The highest BCUT2D eigenvalue weighted by molar-refractivity contribution is 9.10. The molecule has 2 aromatic carbocycles. The minimum Gasteiger partial charge on any atom is -0.399 e. The number of nitrogen functional groups attached to an aromatic ring is 1. The fourth-order valence-corrected chi connectivity index (χ4v) is 2.09. The van der Waals surface area contributed by atoms with Crippen LogP contribution in [0.25, 0.3) is 0 Å². The van der Waals surface area contributed by atoms with Crippen LogP contribution in [-0.4, -0.2) is 0 Å². The molecule has 0 aliphatic heterocycles. The third-order valence-electron chi connectivity index (χ3n) is 2.36. The van der Waals surface area contributed by atoms with Crippen molar-refractivity contribution in [3.05, 3.63) is 51.5 Å². The summed E-state index contributed by atoms with van der Waals surface area (Å²) < 4.78 is 0.855. The summed E-state index contributed by atoms with van der Waals surface area (Å²) in [7, 11) is 0. The first-order chi connectivity index (χ1) is 8.60. The van der Waals surface area contributed by atoms with Gasteiger partial charge in [0.25, 0.3) is 0 Å². The molecule has 0 fully saturated rings. The van der Waals surface area contributed by atoms with Crippen LogP contribution < -0.4 is 11.1 Å². The zero-order chi connectivity index (χ0) is 13.1. The zero-order valence-corrected chi connectivity index (χ0v) is 11.6. The molecule has 0 aromatic heterocycles. The van der Waals surface area contributed by atoms with Crippen molar-refractivity contribution in [3.8, 4) is 6.07 Å². The number of halogens is 2. The van der Waals surface area contributed by atoms with Crippen molar-refractivity contribution in [2.75, 3.05) is 11.1 Å². The molecule has 0 unspecified atom stereocenters. The lowest BCUT2D eigenvalue weighted by Gasteiger charge is -2.10. The Morgan fingerprint density at radius 3 is 2.56 bits per heavy atom. The second kappa shape index (κ2) is 5.30. The topological polar surface area (TPSA) is 61.8 Å². The standard InChI is InChI=1S/C13H9BrClN3/c14-9-1-3-12(8(5-9)7-16)18-13-4-2-10(17)6-11(13)15/h1-6,18H,17H2. The molecule has 0 saturated carbocycles. The SMILES string of the molecule is N#Cc1cc(Br)ccc1Nc1ccc(N)cc1Cl. The minimum absolute atomic E-state index is 0.516. The van der Waals surface area contributed by atoms with E-state index in [1.807, 2.05) is 12.1 Å². The molecule has 2 rings (SSSR count). The lowest BCUT2D eigenvalue weighted by molar-refractivity contribution is 1.45. The molecule has 2 aromatic rings. The fourth-order valence-electron chi connectivity index (χ4n) is 1.50. The molecular weight excluding hydrogens is 314 g/mol. The highest BCUT2D eigenvalue weighted by Crippen LogP contribution is 2.29. The highest BCUT2D eigenvalue weighted by atomic mass is 79.9. The molecule has 0 aliphatic rings. The van der Waals surface area contributed by atoms with Gasteiger partial charge in [-0.3, -0.25) is 0 Å². The van der Waals surface area contributed by atoms with Crippen LogP contribution in [0.5, 0.6) is 0 Å². The van der Waals surface area contributed by atoms with Crippen LogP contribution in [0.1, 0.15) is 5.56 Å². The van der Waals surface area contributed by atoms with Crippen molar-refractivity contribution in [1.82, 2.24) is 0 Å². The second-order valence-electron chi connectivity index (χ2n) is 3.67. The fraction of sp³-hybridized carbons (Fsp3) is 0. The van der Waals surface area contributed by atoms with Crippen LogP contribution >= 0.6 is 27.5 Å². The van der Waals surface area contributed by atoms with E-state index >= 15 is 0 Å². The average Bonchev–Trinajstić information content (AvgIpc) is 2.34. The van der Waals surface area contributed by atoms with E-state index < -0.39 is 0 Å². The molecule has 0 heterocycles. The maximum absolute atomic E-state index is 9.07. The molecule has 0 aliphatic carbocycles. The van der Waals surface area contributed by atoms with Crippen LogP contribution in [0.4, 0.5) is 17.1 Å². The largest absolute Gasteiger partial charge is 0.399 e. The van der Waals surface area contributed by atoms with Gasteiger partial charge in [0, 0.05) is 10.2 Å². The van der Waals surface area contributed by atoms with E-state index in [1.54, 1.807) is 24.3 Å². The molecule has 0 saturated heterocycles. The molecule has 18 heavy (non-hydrogen) atoms. The number of rotatable bonds is 2. The monoisotopic (exact) mass is 321 g/mol. The number of nitriles is 1. The third-order valence-corrected chi connectivity index (χ3v) is 3.17. The van der Waals surface area contributed by atoms with Crippen LogP contribution in [0.2, 0.25) is 5.02 Å². The van der Waals surface area contributed by atoms with E-state index in [0.717, 1.165) is 4.47 Å². The third kappa shape index (κ3) is 2.76. The van der Waals surface area contributed by atoms with Crippen LogP contribution in [0.3, 0.4) is 0 Å². The van der Waals surface area contributed by atoms with Gasteiger partial charge in [0.15, 0.2) is 0 Å². The Hall–Kier alpha value is -1.70. The van der Waals surface area contributed by atoms with E-state index in [0.29, 0.717) is 27.6 Å². The lowest BCUT2D eigenvalue weighted by Crippen LogP contribution is -1.95. The number of benzene rings is 2. The molecule has 0 bridgehead atoms. The summed E-state index contributed by atoms with van der Waals surface area (Å²) in [6.07, 6.45) is 0. The maximum Gasteiger partial charge on any atom is 0.101 e. The Morgan fingerprint density at radius 2 is 1.89 bits per heavy atom. The van der Waals surface area contributed by atoms with Crippen molar-refractivity contribution in [3.63, 3.8) is 0 Å². The quantitative estimate of drug-likeness (QED) is 0.810. The normalized spacial score (nSPS) is 9.83. The zero-order valence-electron chi connectivity index (χ0n) is 9.24. The predicted octanol–water partition coefficient (Wildman–Crippen LogP) is 4.30. The number of nitrogens with two attached hydrogens (primary N) is 1. The van der Waals surface area contributed by atoms with Crippen LogP contribution in [-0.2, 0) is 0 Å². The summed E-state index contributed by atoms with van der Waals surface area (Å²) in [5.74, 6) is 0. The first kappa shape index (κ1) is 12.7. The van der Waals surface area contributed by atoms with Crippen molar-refractivity contribution in [2.24, 2.45) is 0 Å². The van der Waals surface area contributed by atoms with E-state index in [1.165, 1.54) is 0 Å². The van der Waals surface area contributed by atoms with Crippen molar-refractivity contribution < 1.29 is 0 Å². The molecule has 5 heteroatoms. The Morgan fingerprint density at radius 1 is 1.17 bits per heavy atom. The summed E-state index contributed by atoms with van der Waals surface area (Å²) in [5.41, 5.74) is 8.18. The summed E-state index contributed by atoms with van der Waals surface area (Å²) in [6, 6.07) is 12.7. The van der Waals surface area contributed by atoms with Crippen molar-refractivity contribution in [1.29, 1.82) is 5.26 Å². The first-order valence-electron chi connectivity index (χ1n) is 5.12. The molecule has 0 amide bonds. The average molecular weight is 323 g/mol. The van der Waals surface area contributed by atoms with Gasteiger partial charge in [0.05, 0.1) is 22.0 Å². The van der Waals surface area contributed by atoms with Gasteiger partial charge in [0.2, 0.25) is 0 Å². The van der Waals surface area contributed by atoms with Gasteiger partial charge in [-0.05, 0) is 36.4 Å². The number of hydrogen-bond acceptors (Lipinski definition) is 3. The van der Waals surface area contributed by atoms with Crippen LogP contribution in [0, 0.1) is 11.3 Å². The summed E-state index contributed by atoms with van der Waals surface area (Å²) >= 11 is 9.40. The molecule has 3 nitrogen and oxygen atoms in total. The Kier molecular flexibility index (Phi) is 3.75. The Bertz CT molecular complexity index is 635. The van der Waals surface area contributed by atoms with Gasteiger partial charge < -0.3 is 11.1 Å². The molecule has 90 valence electrons. The molecule has 0 atom stereocenters. The van der Waals surface area contributed by atoms with E-state index in [-0.39, 0.29) is 0 Å². The number of anilines is 3. The summed E-state index contributed by atoms with van der Waals surface area (Å²) in [4.78, 5) is 0. The molecular formula is C13H9BrClN3. The molecule has 0 spiro atoms. The first-order valence-corrected chi connectivity index (χ1v) is 6.29. The van der Waals surface area contributed by atoms with Crippen LogP contribution in [0.15, 0.2) is 40.9 Å². The van der Waals surface area contributed by atoms with Gasteiger partial charge in [-0.15, -0.1) is 0 Å². The summed E-state index contributed by atoms with van der Waals surface area (Å²) in [6.45, 7) is 0. The summed E-state index contributed by atoms with van der Waals surface area (Å²) in [5, 5.41) is 12.7. The minimum atomic E-state index is 0.516. The Labute approximate surface area is 118 Å². The maximum atomic E-state index is 9.07. The van der Waals surface area contributed by atoms with Crippen molar-refractivity contribution >= 4 is 44.6 Å². The van der Waals surface area contributed by atoms with Gasteiger partial charge in [-0.1, -0.05) is 27.5 Å². The highest BCUT2D eigenvalue weighted by Gasteiger charge is 2.06. The van der Waals surface area contributed by atoms with E-state index in [4.69, 9.17) is 22.6 Å². The smallest absolute Gasteiger partial charge is 0.101 e. The van der Waals surface area contributed by atoms with Crippen molar-refractivity contribution in [2.45, 2.75) is 0 Å².